The van der Waals surface area contributed by atoms with Gasteiger partial charge in [-0.15, -0.1) is 0 Å². The van der Waals surface area contributed by atoms with E-state index in [-0.39, 0.29) is 23.8 Å². The summed E-state index contributed by atoms with van der Waals surface area (Å²) in [6.07, 6.45) is 1.91. The second-order valence-corrected chi connectivity index (χ2v) is 4.93. The lowest BCUT2D eigenvalue weighted by Gasteiger charge is -2.40. The molecule has 1 N–H and O–H groups in total. The van der Waals surface area contributed by atoms with Crippen molar-refractivity contribution in [3.63, 3.8) is 0 Å². The predicted octanol–water partition coefficient (Wildman–Crippen LogP) is -0.162. The number of piperidine rings is 1. The lowest BCUT2D eigenvalue weighted by molar-refractivity contribution is -0.149. The van der Waals surface area contributed by atoms with Crippen LogP contribution in [0.5, 0.6) is 0 Å². The Bertz CT molecular complexity index is 313. The van der Waals surface area contributed by atoms with Crippen LogP contribution in [-0.4, -0.2) is 59.0 Å². The van der Waals surface area contributed by atoms with Crippen LogP contribution in [0.4, 0.5) is 0 Å². The van der Waals surface area contributed by atoms with Crippen LogP contribution >= 0.6 is 0 Å². The molecule has 2 rings (SSSR count). The third kappa shape index (κ3) is 2.60. The van der Waals surface area contributed by atoms with E-state index < -0.39 is 0 Å². The number of amides is 2. The summed E-state index contributed by atoms with van der Waals surface area (Å²) in [5.74, 6) is 0.168. The molecule has 0 saturated carbocycles. The highest BCUT2D eigenvalue weighted by atomic mass is 16.3. The van der Waals surface area contributed by atoms with Gasteiger partial charge >= 0.3 is 0 Å². The highest BCUT2D eigenvalue weighted by Crippen LogP contribution is 2.22. The normalized spacial score (nSPS) is 25.6. The summed E-state index contributed by atoms with van der Waals surface area (Å²) >= 11 is 0. The first-order chi connectivity index (χ1) is 8.11. The number of carbonyl (C=O) groups excluding carboxylic acids is 2. The fraction of sp³-hybridized carbons (Fsp3) is 0.833. The minimum Gasteiger partial charge on any atom is -0.389 e. The van der Waals surface area contributed by atoms with E-state index in [1.54, 1.807) is 9.80 Å². The molecule has 2 amide bonds. The van der Waals surface area contributed by atoms with Crippen LogP contribution in [0.3, 0.4) is 0 Å². The molecule has 96 valence electrons. The topological polar surface area (TPSA) is 60.9 Å². The molecular weight excluding hydrogens is 220 g/mol. The van der Waals surface area contributed by atoms with Crippen molar-refractivity contribution in [2.24, 2.45) is 5.92 Å². The number of carbonyl (C=O) groups is 2. The third-order valence-corrected chi connectivity index (χ3v) is 3.60. The van der Waals surface area contributed by atoms with Crippen LogP contribution in [0, 0.1) is 5.92 Å². The summed E-state index contributed by atoms with van der Waals surface area (Å²) in [6.45, 7) is 4.09. The van der Waals surface area contributed by atoms with E-state index in [4.69, 9.17) is 0 Å². The Hall–Kier alpha value is -1.10. The van der Waals surface area contributed by atoms with E-state index in [9.17, 15) is 14.7 Å². The van der Waals surface area contributed by atoms with Gasteiger partial charge in [0.05, 0.1) is 12.0 Å². The molecule has 0 radical (unpaired) electrons. The van der Waals surface area contributed by atoms with Crippen LogP contribution in [0.15, 0.2) is 0 Å². The maximum atomic E-state index is 12.1. The molecule has 1 atom stereocenters. The summed E-state index contributed by atoms with van der Waals surface area (Å²) in [5, 5.41) is 9.19. The lowest BCUT2D eigenvalue weighted by atomic mass is 9.94. The highest BCUT2D eigenvalue weighted by molar-refractivity contribution is 5.82. The number of likely N-dealkylation sites (tertiary alicyclic amines) is 2. The van der Waals surface area contributed by atoms with Gasteiger partial charge in [-0.25, -0.2) is 0 Å². The monoisotopic (exact) mass is 240 g/mol. The number of nitrogens with zero attached hydrogens (tertiary/aromatic N) is 2. The second-order valence-electron chi connectivity index (χ2n) is 4.93. The van der Waals surface area contributed by atoms with Crippen molar-refractivity contribution >= 4 is 11.8 Å². The van der Waals surface area contributed by atoms with E-state index >= 15 is 0 Å². The van der Waals surface area contributed by atoms with Gasteiger partial charge < -0.3 is 14.9 Å². The molecule has 2 heterocycles. The first kappa shape index (κ1) is 12.4. The summed E-state index contributed by atoms with van der Waals surface area (Å²) in [4.78, 5) is 27.1. The van der Waals surface area contributed by atoms with Gasteiger partial charge in [0, 0.05) is 32.6 Å². The third-order valence-electron chi connectivity index (χ3n) is 3.60. The van der Waals surface area contributed by atoms with Gasteiger partial charge in [0.15, 0.2) is 0 Å². The minimum atomic E-state index is -0.351. The molecule has 0 bridgehead atoms. The highest BCUT2D eigenvalue weighted by Gasteiger charge is 2.35. The molecule has 2 saturated heterocycles. The predicted molar refractivity (Wildman–Crippen MR) is 62.2 cm³/mol. The van der Waals surface area contributed by atoms with Crippen LogP contribution in [0.25, 0.3) is 0 Å². The second kappa shape index (κ2) is 5.04. The number of aliphatic hydroxyl groups excluding tert-OH is 1. The Kier molecular flexibility index (Phi) is 3.66. The minimum absolute atomic E-state index is 0.0632. The summed E-state index contributed by atoms with van der Waals surface area (Å²) in [7, 11) is 0. The standard InChI is InChI=1S/C12H20N2O3/c1-2-11(16)13-5-3-4-9(6-13)12(17)14-7-10(15)8-14/h9-10,15H,2-8H2,1H3. The Morgan fingerprint density at radius 2 is 1.94 bits per heavy atom. The van der Waals surface area contributed by atoms with E-state index in [1.165, 1.54) is 0 Å². The van der Waals surface area contributed by atoms with Gasteiger partial charge in [-0.3, -0.25) is 9.59 Å². The van der Waals surface area contributed by atoms with Crippen molar-refractivity contribution in [3.8, 4) is 0 Å². The molecule has 17 heavy (non-hydrogen) atoms. The Labute approximate surface area is 101 Å². The average Bonchev–Trinajstić information content (AvgIpc) is 2.33. The smallest absolute Gasteiger partial charge is 0.227 e. The zero-order valence-corrected chi connectivity index (χ0v) is 10.3. The number of hydrogen-bond acceptors (Lipinski definition) is 3. The quantitative estimate of drug-likeness (QED) is 0.729. The number of rotatable bonds is 2. The molecule has 0 aromatic carbocycles. The number of hydrogen-bond donors (Lipinski definition) is 1. The molecule has 0 aromatic rings. The van der Waals surface area contributed by atoms with Crippen LogP contribution in [0.2, 0.25) is 0 Å². The van der Waals surface area contributed by atoms with Crippen LogP contribution in [0.1, 0.15) is 26.2 Å². The van der Waals surface area contributed by atoms with Gasteiger partial charge in [-0.2, -0.15) is 0 Å². The summed E-state index contributed by atoms with van der Waals surface area (Å²) < 4.78 is 0. The zero-order valence-electron chi connectivity index (χ0n) is 10.3. The molecule has 2 fully saturated rings. The molecule has 5 heteroatoms. The molecule has 1 unspecified atom stereocenters. The summed E-state index contributed by atoms with van der Waals surface area (Å²) in [6, 6.07) is 0. The maximum Gasteiger partial charge on any atom is 0.227 e. The maximum absolute atomic E-state index is 12.1. The fourth-order valence-corrected chi connectivity index (χ4v) is 2.52. The number of aliphatic hydroxyl groups is 1. The van der Waals surface area contributed by atoms with Gasteiger partial charge in [0.25, 0.3) is 0 Å². The molecule has 0 spiro atoms. The molecule has 0 aliphatic carbocycles. The van der Waals surface area contributed by atoms with Crippen molar-refractivity contribution in [1.29, 1.82) is 0 Å². The van der Waals surface area contributed by atoms with Gasteiger partial charge in [-0.1, -0.05) is 6.92 Å². The molecule has 5 nitrogen and oxygen atoms in total. The van der Waals surface area contributed by atoms with Crippen molar-refractivity contribution < 1.29 is 14.7 Å². The zero-order chi connectivity index (χ0) is 12.4. The van der Waals surface area contributed by atoms with Gasteiger partial charge in [-0.05, 0) is 12.8 Å². The van der Waals surface area contributed by atoms with Crippen LogP contribution in [-0.2, 0) is 9.59 Å². The SMILES string of the molecule is CCC(=O)N1CCCC(C(=O)N2CC(O)C2)C1. The first-order valence-electron chi connectivity index (χ1n) is 6.36. The molecule has 2 aliphatic heterocycles. The van der Waals surface area contributed by atoms with E-state index in [0.717, 1.165) is 19.4 Å². The average molecular weight is 240 g/mol. The Morgan fingerprint density at radius 3 is 2.53 bits per heavy atom. The Balaban J connectivity index is 1.88. The largest absolute Gasteiger partial charge is 0.389 e. The van der Waals surface area contributed by atoms with Crippen molar-refractivity contribution in [1.82, 2.24) is 9.80 Å². The molecule has 0 aromatic heterocycles. The molecule has 2 aliphatic rings. The lowest BCUT2D eigenvalue weighted by Crippen LogP contribution is -2.57. The number of β-amino-alcohol motifs (C(OH)–C–C–N with tert-alkyl or cyclic N) is 1. The fourth-order valence-electron chi connectivity index (χ4n) is 2.52. The van der Waals surface area contributed by atoms with E-state index in [2.05, 4.69) is 0 Å². The van der Waals surface area contributed by atoms with Crippen LogP contribution < -0.4 is 0 Å². The van der Waals surface area contributed by atoms with Crippen molar-refractivity contribution in [2.45, 2.75) is 32.3 Å². The van der Waals surface area contributed by atoms with Gasteiger partial charge in [0.1, 0.15) is 0 Å². The van der Waals surface area contributed by atoms with E-state index in [0.29, 0.717) is 26.1 Å². The van der Waals surface area contributed by atoms with E-state index in [1.807, 2.05) is 6.92 Å². The Morgan fingerprint density at radius 1 is 1.24 bits per heavy atom. The van der Waals surface area contributed by atoms with Crippen molar-refractivity contribution in [2.75, 3.05) is 26.2 Å². The van der Waals surface area contributed by atoms with Crippen molar-refractivity contribution in [3.05, 3.63) is 0 Å². The summed E-state index contributed by atoms with van der Waals surface area (Å²) in [5.41, 5.74) is 0. The van der Waals surface area contributed by atoms with Gasteiger partial charge in [0.2, 0.25) is 11.8 Å². The first-order valence-corrected chi connectivity index (χ1v) is 6.36. The molecular formula is C12H20N2O3.